The quantitative estimate of drug-likeness (QED) is 0.919. The Hall–Kier alpha value is -1.59. The van der Waals surface area contributed by atoms with Crippen LogP contribution in [0.3, 0.4) is 0 Å². The molecule has 0 unspecified atom stereocenters. The van der Waals surface area contributed by atoms with Crippen LogP contribution in [0.2, 0.25) is 0 Å². The molecule has 0 radical (unpaired) electrons. The first-order valence-corrected chi connectivity index (χ1v) is 6.62. The van der Waals surface area contributed by atoms with E-state index in [1.165, 1.54) is 0 Å². The summed E-state index contributed by atoms with van der Waals surface area (Å²) in [5.41, 5.74) is 7.61. The zero-order valence-corrected chi connectivity index (χ0v) is 12.2. The first kappa shape index (κ1) is 13.8. The molecule has 0 aliphatic rings. The van der Waals surface area contributed by atoms with Crippen LogP contribution in [0, 0.1) is 0 Å². The summed E-state index contributed by atoms with van der Waals surface area (Å²) < 4.78 is 12.0. The smallest absolute Gasteiger partial charge is 0.166 e. The minimum Gasteiger partial charge on any atom is -0.493 e. The minimum absolute atomic E-state index is 0.406. The number of aromatic nitrogens is 1. The Labute approximate surface area is 120 Å². The Kier molecular flexibility index (Phi) is 4.76. The van der Waals surface area contributed by atoms with Crippen molar-refractivity contribution in [1.82, 2.24) is 4.98 Å². The van der Waals surface area contributed by atoms with Gasteiger partial charge in [-0.25, -0.2) is 0 Å². The summed E-state index contributed by atoms with van der Waals surface area (Å²) in [6, 6.07) is 7.64. The van der Waals surface area contributed by atoms with Crippen molar-refractivity contribution in [2.24, 2.45) is 5.73 Å². The third-order valence-electron chi connectivity index (χ3n) is 2.64. The van der Waals surface area contributed by atoms with E-state index in [9.17, 15) is 0 Å². The molecule has 0 aliphatic heterocycles. The molecule has 2 aromatic rings. The summed E-state index contributed by atoms with van der Waals surface area (Å²) in [6.45, 7) is 0.823. The Bertz CT molecular complexity index is 539. The van der Waals surface area contributed by atoms with Crippen LogP contribution in [-0.4, -0.2) is 12.1 Å². The van der Waals surface area contributed by atoms with Gasteiger partial charge in [-0.15, -0.1) is 0 Å². The highest BCUT2D eigenvalue weighted by atomic mass is 79.9. The van der Waals surface area contributed by atoms with Crippen molar-refractivity contribution in [3.8, 4) is 11.5 Å². The molecule has 19 heavy (non-hydrogen) atoms. The molecule has 0 aliphatic carbocycles. The average Bonchev–Trinajstić information content (AvgIpc) is 2.44. The van der Waals surface area contributed by atoms with Gasteiger partial charge in [-0.05, 0) is 28.1 Å². The van der Waals surface area contributed by atoms with Crippen LogP contribution in [0.25, 0.3) is 0 Å². The molecule has 1 heterocycles. The van der Waals surface area contributed by atoms with Crippen LogP contribution in [0.4, 0.5) is 0 Å². The molecular weight excluding hydrogens is 308 g/mol. The average molecular weight is 323 g/mol. The number of nitrogens with two attached hydrogens (primary N) is 1. The van der Waals surface area contributed by atoms with E-state index in [2.05, 4.69) is 20.9 Å². The summed E-state index contributed by atoms with van der Waals surface area (Å²) in [5.74, 6) is 1.37. The fourth-order valence-corrected chi connectivity index (χ4v) is 2.15. The molecule has 100 valence electrons. The van der Waals surface area contributed by atoms with Gasteiger partial charge in [0.05, 0.1) is 7.11 Å². The highest BCUT2D eigenvalue weighted by molar-refractivity contribution is 9.10. The molecule has 0 saturated carbocycles. The molecule has 0 saturated heterocycles. The maximum absolute atomic E-state index is 5.83. The van der Waals surface area contributed by atoms with E-state index in [1.54, 1.807) is 19.5 Å². The second kappa shape index (κ2) is 6.54. The van der Waals surface area contributed by atoms with Crippen LogP contribution in [0.5, 0.6) is 11.5 Å². The van der Waals surface area contributed by atoms with Gasteiger partial charge in [0.15, 0.2) is 11.5 Å². The van der Waals surface area contributed by atoms with Crippen LogP contribution in [0.15, 0.2) is 41.1 Å². The fourth-order valence-electron chi connectivity index (χ4n) is 1.74. The summed E-state index contributed by atoms with van der Waals surface area (Å²) in [4.78, 5) is 4.10. The molecule has 0 atom stereocenters. The SMILES string of the molecule is COc1cccc(CN)c1OCc1cncc(Br)c1. The fraction of sp³-hybridized carbons (Fsp3) is 0.214. The van der Waals surface area contributed by atoms with Crippen molar-refractivity contribution in [3.63, 3.8) is 0 Å². The second-order valence-electron chi connectivity index (χ2n) is 3.95. The van der Waals surface area contributed by atoms with Crippen LogP contribution >= 0.6 is 15.9 Å². The molecule has 5 heteroatoms. The normalized spacial score (nSPS) is 10.3. The lowest BCUT2D eigenvalue weighted by Gasteiger charge is -2.14. The largest absolute Gasteiger partial charge is 0.493 e. The predicted octanol–water partition coefficient (Wildman–Crippen LogP) is 2.89. The highest BCUT2D eigenvalue weighted by Crippen LogP contribution is 2.31. The van der Waals surface area contributed by atoms with Gasteiger partial charge < -0.3 is 15.2 Å². The molecule has 1 aromatic carbocycles. The molecule has 0 fully saturated rings. The number of pyridine rings is 1. The number of rotatable bonds is 5. The molecule has 4 nitrogen and oxygen atoms in total. The van der Waals surface area contributed by atoms with E-state index in [4.69, 9.17) is 15.2 Å². The summed E-state index contributed by atoms with van der Waals surface area (Å²) in [6.07, 6.45) is 3.50. The maximum atomic E-state index is 5.83. The number of nitrogens with zero attached hydrogens (tertiary/aromatic N) is 1. The van der Waals surface area contributed by atoms with Gasteiger partial charge in [-0.3, -0.25) is 4.98 Å². The van der Waals surface area contributed by atoms with Gasteiger partial charge in [0.2, 0.25) is 0 Å². The van der Waals surface area contributed by atoms with Crippen molar-refractivity contribution in [3.05, 3.63) is 52.3 Å². The molecule has 0 bridgehead atoms. The molecule has 2 N–H and O–H groups in total. The minimum atomic E-state index is 0.406. The number of ether oxygens (including phenoxy) is 2. The van der Waals surface area contributed by atoms with Crippen molar-refractivity contribution < 1.29 is 9.47 Å². The molecular formula is C14H15BrN2O2. The summed E-state index contributed by atoms with van der Waals surface area (Å²) in [5, 5.41) is 0. The Balaban J connectivity index is 2.19. The Morgan fingerprint density at radius 3 is 2.84 bits per heavy atom. The van der Waals surface area contributed by atoms with Gasteiger partial charge in [0.1, 0.15) is 6.61 Å². The van der Waals surface area contributed by atoms with E-state index in [0.717, 1.165) is 15.6 Å². The number of benzene rings is 1. The monoisotopic (exact) mass is 322 g/mol. The third-order valence-corrected chi connectivity index (χ3v) is 3.08. The molecule has 2 rings (SSSR count). The molecule has 0 spiro atoms. The Morgan fingerprint density at radius 1 is 1.32 bits per heavy atom. The lowest BCUT2D eigenvalue weighted by molar-refractivity contribution is 0.281. The number of hydrogen-bond donors (Lipinski definition) is 1. The van der Waals surface area contributed by atoms with Crippen LogP contribution in [-0.2, 0) is 13.2 Å². The van der Waals surface area contributed by atoms with Gasteiger partial charge in [-0.1, -0.05) is 12.1 Å². The second-order valence-corrected chi connectivity index (χ2v) is 4.87. The summed E-state index contributed by atoms with van der Waals surface area (Å²) >= 11 is 3.38. The van der Waals surface area contributed by atoms with E-state index >= 15 is 0 Å². The standard InChI is InChI=1S/C14H15BrN2O2/c1-18-13-4-2-3-11(6-16)14(13)19-9-10-5-12(15)8-17-7-10/h2-5,7-8H,6,9,16H2,1H3. The number of hydrogen-bond acceptors (Lipinski definition) is 4. The van der Waals surface area contributed by atoms with Gasteiger partial charge in [-0.2, -0.15) is 0 Å². The van der Waals surface area contributed by atoms with Gasteiger partial charge >= 0.3 is 0 Å². The van der Waals surface area contributed by atoms with Crippen LogP contribution in [0.1, 0.15) is 11.1 Å². The lowest BCUT2D eigenvalue weighted by atomic mass is 10.2. The molecule has 1 aromatic heterocycles. The van der Waals surface area contributed by atoms with Crippen LogP contribution < -0.4 is 15.2 Å². The number of methoxy groups -OCH3 is 1. The van der Waals surface area contributed by atoms with Crippen molar-refractivity contribution in [2.75, 3.05) is 7.11 Å². The van der Waals surface area contributed by atoms with E-state index in [1.807, 2.05) is 24.3 Å². The summed E-state index contributed by atoms with van der Waals surface area (Å²) in [7, 11) is 1.61. The third kappa shape index (κ3) is 3.45. The Morgan fingerprint density at radius 2 is 2.16 bits per heavy atom. The predicted molar refractivity (Wildman–Crippen MR) is 77.2 cm³/mol. The first-order valence-electron chi connectivity index (χ1n) is 5.82. The van der Waals surface area contributed by atoms with Gasteiger partial charge in [0, 0.05) is 34.5 Å². The number of para-hydroxylation sites is 1. The van der Waals surface area contributed by atoms with Crippen molar-refractivity contribution in [2.45, 2.75) is 13.2 Å². The van der Waals surface area contributed by atoms with E-state index in [-0.39, 0.29) is 0 Å². The van der Waals surface area contributed by atoms with Gasteiger partial charge in [0.25, 0.3) is 0 Å². The zero-order valence-electron chi connectivity index (χ0n) is 10.6. The maximum Gasteiger partial charge on any atom is 0.166 e. The van der Waals surface area contributed by atoms with E-state index < -0.39 is 0 Å². The first-order chi connectivity index (χ1) is 9.24. The zero-order chi connectivity index (χ0) is 13.7. The molecule has 0 amide bonds. The lowest BCUT2D eigenvalue weighted by Crippen LogP contribution is -2.04. The van der Waals surface area contributed by atoms with Crippen molar-refractivity contribution >= 4 is 15.9 Å². The van der Waals surface area contributed by atoms with E-state index in [0.29, 0.717) is 24.7 Å². The van der Waals surface area contributed by atoms with Crippen molar-refractivity contribution in [1.29, 1.82) is 0 Å². The topological polar surface area (TPSA) is 57.4 Å². The number of halogens is 1. The highest BCUT2D eigenvalue weighted by Gasteiger charge is 2.09.